The summed E-state index contributed by atoms with van der Waals surface area (Å²) in [7, 11) is 0. The Kier molecular flexibility index (Phi) is 6.47. The van der Waals surface area contributed by atoms with Crippen molar-refractivity contribution in [2.45, 2.75) is 38.8 Å². The summed E-state index contributed by atoms with van der Waals surface area (Å²) in [5.41, 5.74) is 5.63. The van der Waals surface area contributed by atoms with Gasteiger partial charge in [-0.15, -0.1) is 0 Å². The topological polar surface area (TPSA) is 67.6 Å². The van der Waals surface area contributed by atoms with Crippen LogP contribution in [0.4, 0.5) is 0 Å². The zero-order chi connectivity index (χ0) is 12.7. The fourth-order valence-corrected chi connectivity index (χ4v) is 2.37. The lowest BCUT2D eigenvalue weighted by atomic mass is 10.1. The van der Waals surface area contributed by atoms with Crippen LogP contribution < -0.4 is 11.1 Å². The predicted octanol–water partition coefficient (Wildman–Crippen LogP) is -0.0493. The predicted molar refractivity (Wildman–Crippen MR) is 67.7 cm³/mol. The Morgan fingerprint density at radius 1 is 1.59 bits per heavy atom. The molecule has 0 spiro atoms. The van der Waals surface area contributed by atoms with Gasteiger partial charge in [-0.2, -0.15) is 0 Å². The smallest absolute Gasteiger partial charge is 0.239 e. The Morgan fingerprint density at radius 2 is 2.35 bits per heavy atom. The van der Waals surface area contributed by atoms with Crippen LogP contribution in [0.25, 0.3) is 0 Å². The van der Waals surface area contributed by atoms with Gasteiger partial charge in [-0.25, -0.2) is 0 Å². The molecule has 1 saturated heterocycles. The minimum Gasteiger partial charge on any atom is -0.378 e. The van der Waals surface area contributed by atoms with Crippen LogP contribution in [0, 0.1) is 0 Å². The molecule has 5 nitrogen and oxygen atoms in total. The molecule has 0 aromatic carbocycles. The van der Waals surface area contributed by atoms with E-state index in [0.29, 0.717) is 32.3 Å². The van der Waals surface area contributed by atoms with Gasteiger partial charge in [0.25, 0.3) is 0 Å². The molecule has 1 rings (SSSR count). The number of nitrogens with one attached hydrogen (secondary N) is 1. The van der Waals surface area contributed by atoms with Crippen molar-refractivity contribution >= 4 is 5.91 Å². The lowest BCUT2D eigenvalue weighted by molar-refractivity contribution is -0.134. The third-order valence-electron chi connectivity index (χ3n) is 3.26. The number of hydrogen-bond donors (Lipinski definition) is 2. The molecule has 100 valence electrons. The van der Waals surface area contributed by atoms with Crippen LogP contribution in [0.15, 0.2) is 0 Å². The van der Waals surface area contributed by atoms with Gasteiger partial charge in [0, 0.05) is 19.1 Å². The zero-order valence-electron chi connectivity index (χ0n) is 10.9. The first-order valence-corrected chi connectivity index (χ1v) is 6.55. The number of likely N-dealkylation sites (N-methyl/N-ethyl adjacent to an activating group) is 1. The minimum atomic E-state index is -0.153. The molecule has 2 atom stereocenters. The van der Waals surface area contributed by atoms with Crippen LogP contribution in [-0.4, -0.2) is 55.7 Å². The maximum atomic E-state index is 12.0. The van der Waals surface area contributed by atoms with E-state index in [2.05, 4.69) is 17.1 Å². The van der Waals surface area contributed by atoms with Gasteiger partial charge in [0.1, 0.15) is 6.04 Å². The first-order chi connectivity index (χ1) is 8.24. The first kappa shape index (κ1) is 14.4. The summed E-state index contributed by atoms with van der Waals surface area (Å²) in [5, 5.41) is 2.87. The Balaban J connectivity index is 2.66. The molecule has 0 aromatic heterocycles. The number of nitrogens with zero attached hydrogens (tertiary/aromatic N) is 1. The average molecular weight is 243 g/mol. The summed E-state index contributed by atoms with van der Waals surface area (Å²) in [6.45, 7) is 7.42. The van der Waals surface area contributed by atoms with Crippen molar-refractivity contribution in [1.29, 1.82) is 0 Å². The lowest BCUT2D eigenvalue weighted by Gasteiger charge is -2.39. The third-order valence-corrected chi connectivity index (χ3v) is 3.26. The van der Waals surface area contributed by atoms with E-state index in [0.717, 1.165) is 19.4 Å². The van der Waals surface area contributed by atoms with E-state index < -0.39 is 0 Å². The highest BCUT2D eigenvalue weighted by Gasteiger charge is 2.32. The molecular weight excluding hydrogens is 218 g/mol. The molecular formula is C12H25N3O2. The number of carbonyl (C=O) groups is 1. The quantitative estimate of drug-likeness (QED) is 0.686. The van der Waals surface area contributed by atoms with Crippen LogP contribution in [0.3, 0.4) is 0 Å². The van der Waals surface area contributed by atoms with Crippen molar-refractivity contribution in [3.05, 3.63) is 0 Å². The van der Waals surface area contributed by atoms with Crippen molar-refractivity contribution < 1.29 is 9.53 Å². The van der Waals surface area contributed by atoms with Gasteiger partial charge in [0.2, 0.25) is 5.91 Å². The molecule has 0 radical (unpaired) electrons. The van der Waals surface area contributed by atoms with Crippen molar-refractivity contribution in [2.24, 2.45) is 5.73 Å². The second-order valence-electron chi connectivity index (χ2n) is 4.36. The fraction of sp³-hybridized carbons (Fsp3) is 0.917. The normalized spacial score (nSPS) is 23.4. The van der Waals surface area contributed by atoms with E-state index in [4.69, 9.17) is 10.5 Å². The van der Waals surface area contributed by atoms with Crippen LogP contribution in [0.5, 0.6) is 0 Å². The van der Waals surface area contributed by atoms with E-state index in [1.165, 1.54) is 0 Å². The summed E-state index contributed by atoms with van der Waals surface area (Å²) < 4.78 is 5.42. The summed E-state index contributed by atoms with van der Waals surface area (Å²) in [5.74, 6) is 0.0719. The van der Waals surface area contributed by atoms with E-state index in [9.17, 15) is 4.79 Å². The standard InChI is InChI=1S/C12H25N3O2/c1-3-10(5-6-13)15-7-8-17-9-11(15)12(16)14-4-2/h10-11H,3-9,13H2,1-2H3,(H,14,16). The second-order valence-corrected chi connectivity index (χ2v) is 4.36. The van der Waals surface area contributed by atoms with Crippen LogP contribution in [0.2, 0.25) is 0 Å². The van der Waals surface area contributed by atoms with Gasteiger partial charge in [-0.05, 0) is 26.3 Å². The molecule has 5 heteroatoms. The van der Waals surface area contributed by atoms with Crippen molar-refractivity contribution in [3.8, 4) is 0 Å². The van der Waals surface area contributed by atoms with Gasteiger partial charge in [0.15, 0.2) is 0 Å². The molecule has 1 fully saturated rings. The Bertz CT molecular complexity index is 236. The number of carbonyl (C=O) groups excluding carboxylic acids is 1. The fourth-order valence-electron chi connectivity index (χ4n) is 2.37. The zero-order valence-corrected chi connectivity index (χ0v) is 10.9. The highest BCUT2D eigenvalue weighted by Crippen LogP contribution is 2.16. The highest BCUT2D eigenvalue weighted by molar-refractivity contribution is 5.82. The summed E-state index contributed by atoms with van der Waals surface area (Å²) in [6, 6.07) is 0.233. The van der Waals surface area contributed by atoms with Crippen molar-refractivity contribution in [3.63, 3.8) is 0 Å². The number of nitrogens with two attached hydrogens (primary N) is 1. The Hall–Kier alpha value is -0.650. The molecule has 0 aliphatic carbocycles. The summed E-state index contributed by atoms with van der Waals surface area (Å²) in [4.78, 5) is 14.2. The van der Waals surface area contributed by atoms with E-state index in [1.54, 1.807) is 0 Å². The molecule has 1 heterocycles. The van der Waals surface area contributed by atoms with Gasteiger partial charge in [-0.1, -0.05) is 6.92 Å². The third kappa shape index (κ3) is 3.94. The minimum absolute atomic E-state index is 0.0719. The number of ether oxygens (including phenoxy) is 1. The maximum Gasteiger partial charge on any atom is 0.239 e. The van der Waals surface area contributed by atoms with Crippen LogP contribution in [-0.2, 0) is 9.53 Å². The van der Waals surface area contributed by atoms with Gasteiger partial charge in [-0.3, -0.25) is 9.69 Å². The monoisotopic (exact) mass is 243 g/mol. The van der Waals surface area contributed by atoms with Crippen molar-refractivity contribution in [1.82, 2.24) is 10.2 Å². The molecule has 2 unspecified atom stereocenters. The van der Waals surface area contributed by atoms with Crippen LogP contribution in [0.1, 0.15) is 26.7 Å². The van der Waals surface area contributed by atoms with Gasteiger partial charge < -0.3 is 15.8 Å². The maximum absolute atomic E-state index is 12.0. The number of hydrogen-bond acceptors (Lipinski definition) is 4. The van der Waals surface area contributed by atoms with E-state index >= 15 is 0 Å². The van der Waals surface area contributed by atoms with E-state index in [1.807, 2.05) is 6.92 Å². The largest absolute Gasteiger partial charge is 0.378 e. The van der Waals surface area contributed by atoms with Crippen molar-refractivity contribution in [2.75, 3.05) is 32.8 Å². The molecule has 1 aliphatic heterocycles. The molecule has 1 aliphatic rings. The number of amides is 1. The average Bonchev–Trinajstić information content (AvgIpc) is 2.36. The summed E-state index contributed by atoms with van der Waals surface area (Å²) in [6.07, 6.45) is 1.96. The Morgan fingerprint density at radius 3 is 2.94 bits per heavy atom. The number of morpholine rings is 1. The molecule has 0 saturated carbocycles. The van der Waals surface area contributed by atoms with Gasteiger partial charge in [0.05, 0.1) is 13.2 Å². The molecule has 0 bridgehead atoms. The highest BCUT2D eigenvalue weighted by atomic mass is 16.5. The van der Waals surface area contributed by atoms with E-state index in [-0.39, 0.29) is 11.9 Å². The molecule has 0 aromatic rings. The second kappa shape index (κ2) is 7.63. The van der Waals surface area contributed by atoms with Gasteiger partial charge >= 0.3 is 0 Å². The SMILES string of the molecule is CCNC(=O)C1COCCN1C(CC)CCN. The lowest BCUT2D eigenvalue weighted by Crippen LogP contribution is -2.57. The Labute approximate surface area is 104 Å². The molecule has 1 amide bonds. The summed E-state index contributed by atoms with van der Waals surface area (Å²) >= 11 is 0. The van der Waals surface area contributed by atoms with Crippen LogP contribution >= 0.6 is 0 Å². The number of rotatable bonds is 6. The molecule has 3 N–H and O–H groups in total. The first-order valence-electron chi connectivity index (χ1n) is 6.55. The molecule has 17 heavy (non-hydrogen) atoms.